The van der Waals surface area contributed by atoms with E-state index < -0.39 is 0 Å². The summed E-state index contributed by atoms with van der Waals surface area (Å²) in [5.41, 5.74) is 7.55. The molecule has 2 aromatic heterocycles. The smallest absolute Gasteiger partial charge is 0.0361 e. The van der Waals surface area contributed by atoms with Crippen molar-refractivity contribution < 1.29 is 0 Å². The third-order valence-electron chi connectivity index (χ3n) is 10.4. The zero-order valence-electron chi connectivity index (χ0n) is 27.0. The molecule has 0 radical (unpaired) electrons. The molecule has 0 aliphatic heterocycles. The highest BCUT2D eigenvalue weighted by atomic mass is 32.1. The highest BCUT2D eigenvalue weighted by Gasteiger charge is 2.18. The van der Waals surface area contributed by atoms with Crippen LogP contribution in [-0.2, 0) is 0 Å². The zero-order chi connectivity index (χ0) is 32.8. The van der Waals surface area contributed by atoms with Gasteiger partial charge in [-0.2, -0.15) is 0 Å². The normalized spacial score (nSPS) is 12.0. The van der Waals surface area contributed by atoms with Gasteiger partial charge in [0.15, 0.2) is 0 Å². The van der Waals surface area contributed by atoms with Crippen molar-refractivity contribution in [3.8, 4) is 33.4 Å². The Hall–Kier alpha value is -5.80. The largest absolute Gasteiger partial charge is 0.135 e. The Kier molecular flexibility index (Phi) is 6.09. The molecular weight excluding hydrogens is 641 g/mol. The fourth-order valence-corrected chi connectivity index (χ4v) is 10.5. The van der Waals surface area contributed by atoms with Crippen molar-refractivity contribution in [2.24, 2.45) is 0 Å². The highest BCUT2D eigenvalue weighted by molar-refractivity contribution is 7.26. The molecule has 0 aliphatic rings. The maximum atomic E-state index is 2.43. The van der Waals surface area contributed by atoms with Gasteiger partial charge < -0.3 is 0 Å². The van der Waals surface area contributed by atoms with Gasteiger partial charge in [-0.15, -0.1) is 22.7 Å². The molecule has 0 fully saturated rings. The van der Waals surface area contributed by atoms with Gasteiger partial charge in [0.25, 0.3) is 0 Å². The maximum Gasteiger partial charge on any atom is 0.0361 e. The van der Waals surface area contributed by atoms with Gasteiger partial charge in [-0.05, 0) is 102 Å². The van der Waals surface area contributed by atoms with Crippen LogP contribution in [0.4, 0.5) is 0 Å². The first kappa shape index (κ1) is 28.1. The van der Waals surface area contributed by atoms with Crippen LogP contribution in [0.5, 0.6) is 0 Å². The molecule has 2 heterocycles. The van der Waals surface area contributed by atoms with E-state index in [2.05, 4.69) is 170 Å². The first-order valence-corrected chi connectivity index (χ1v) is 18.7. The second-order valence-corrected chi connectivity index (χ2v) is 15.3. The Labute approximate surface area is 297 Å². The van der Waals surface area contributed by atoms with E-state index in [1.807, 2.05) is 22.7 Å². The summed E-state index contributed by atoms with van der Waals surface area (Å²) < 4.78 is 5.37. The summed E-state index contributed by atoms with van der Waals surface area (Å²) in [4.78, 5) is 0. The lowest BCUT2D eigenvalue weighted by atomic mass is 9.85. The molecule has 2 heteroatoms. The summed E-state index contributed by atoms with van der Waals surface area (Å²) in [6.07, 6.45) is 0. The Morgan fingerprint density at radius 1 is 0.240 bits per heavy atom. The Morgan fingerprint density at radius 2 is 0.700 bits per heavy atom. The number of hydrogen-bond acceptors (Lipinski definition) is 2. The van der Waals surface area contributed by atoms with Crippen molar-refractivity contribution in [3.05, 3.63) is 170 Å². The summed E-state index contributed by atoms with van der Waals surface area (Å²) in [5, 5.41) is 13.2. The Bertz CT molecular complexity index is 3080. The second-order valence-electron chi connectivity index (χ2n) is 13.2. The quantitative estimate of drug-likeness (QED) is 0.164. The summed E-state index contributed by atoms with van der Waals surface area (Å²) in [7, 11) is 0. The van der Waals surface area contributed by atoms with Crippen LogP contribution in [0.2, 0.25) is 0 Å². The van der Waals surface area contributed by atoms with Gasteiger partial charge in [0.1, 0.15) is 0 Å². The fourth-order valence-electron chi connectivity index (χ4n) is 8.29. The predicted octanol–water partition coefficient (Wildman–Crippen LogP) is 14.9. The Morgan fingerprint density at radius 3 is 1.36 bits per heavy atom. The van der Waals surface area contributed by atoms with Gasteiger partial charge in [-0.25, -0.2) is 0 Å². The molecule has 0 nitrogen and oxygen atoms in total. The van der Waals surface area contributed by atoms with Crippen molar-refractivity contribution in [2.45, 2.75) is 0 Å². The molecule has 0 saturated carbocycles. The first-order valence-electron chi connectivity index (χ1n) is 17.1. The lowest BCUT2D eigenvalue weighted by molar-refractivity contribution is 1.63. The van der Waals surface area contributed by atoms with Crippen LogP contribution >= 0.6 is 22.7 Å². The lowest BCUT2D eigenvalue weighted by Crippen LogP contribution is -1.91. The van der Waals surface area contributed by atoms with Crippen LogP contribution in [-0.4, -0.2) is 0 Å². The maximum absolute atomic E-state index is 2.43. The van der Waals surface area contributed by atoms with Gasteiger partial charge in [-0.3, -0.25) is 0 Å². The molecular formula is C48H28S2. The zero-order valence-corrected chi connectivity index (χ0v) is 28.6. The number of rotatable bonds is 3. The molecule has 0 amide bonds. The van der Waals surface area contributed by atoms with Crippen LogP contribution in [0, 0.1) is 0 Å². The van der Waals surface area contributed by atoms with Gasteiger partial charge in [0, 0.05) is 40.3 Å². The number of fused-ring (bicyclic) bond motifs is 11. The van der Waals surface area contributed by atoms with Gasteiger partial charge >= 0.3 is 0 Å². The van der Waals surface area contributed by atoms with Crippen LogP contribution < -0.4 is 0 Å². The molecule has 0 unspecified atom stereocenters. The first-order chi connectivity index (χ1) is 24.8. The van der Waals surface area contributed by atoms with Crippen molar-refractivity contribution >= 4 is 95.3 Å². The molecule has 0 saturated heterocycles. The predicted molar refractivity (Wildman–Crippen MR) is 221 cm³/mol. The van der Waals surface area contributed by atoms with E-state index in [9.17, 15) is 0 Å². The second kappa shape index (κ2) is 10.9. The molecule has 11 rings (SSSR count). The number of benzene rings is 9. The minimum atomic E-state index is 1.23. The summed E-state index contributed by atoms with van der Waals surface area (Å²) in [5.74, 6) is 0. The van der Waals surface area contributed by atoms with Crippen LogP contribution in [0.25, 0.3) is 106 Å². The van der Waals surface area contributed by atoms with E-state index in [-0.39, 0.29) is 0 Å². The molecule has 0 spiro atoms. The van der Waals surface area contributed by atoms with E-state index in [1.54, 1.807) is 0 Å². The van der Waals surface area contributed by atoms with Gasteiger partial charge in [0.2, 0.25) is 0 Å². The van der Waals surface area contributed by atoms with E-state index in [0.717, 1.165) is 0 Å². The highest BCUT2D eigenvalue weighted by Crippen LogP contribution is 2.46. The molecule has 9 aromatic carbocycles. The summed E-state index contributed by atoms with van der Waals surface area (Å²) in [6, 6.07) is 63.1. The van der Waals surface area contributed by atoms with Crippen molar-refractivity contribution in [1.29, 1.82) is 0 Å². The Balaban J connectivity index is 1.13. The van der Waals surface area contributed by atoms with Gasteiger partial charge in [-0.1, -0.05) is 133 Å². The monoisotopic (exact) mass is 668 g/mol. The number of thiophene rings is 2. The fraction of sp³-hybridized carbons (Fsp3) is 0. The van der Waals surface area contributed by atoms with Crippen LogP contribution in [0.15, 0.2) is 170 Å². The third-order valence-corrected chi connectivity index (χ3v) is 12.7. The van der Waals surface area contributed by atoms with Crippen molar-refractivity contribution in [2.75, 3.05) is 0 Å². The molecule has 0 N–H and O–H groups in total. The molecule has 50 heavy (non-hydrogen) atoms. The third kappa shape index (κ3) is 4.10. The molecule has 0 atom stereocenters. The molecule has 0 aliphatic carbocycles. The number of hydrogen-bond donors (Lipinski definition) is 0. The van der Waals surface area contributed by atoms with Crippen molar-refractivity contribution in [1.82, 2.24) is 0 Å². The lowest BCUT2D eigenvalue weighted by Gasteiger charge is -2.18. The van der Waals surface area contributed by atoms with E-state index in [0.29, 0.717) is 0 Å². The van der Waals surface area contributed by atoms with Crippen molar-refractivity contribution in [3.63, 3.8) is 0 Å². The average Bonchev–Trinajstić information content (AvgIpc) is 3.75. The van der Waals surface area contributed by atoms with Crippen LogP contribution in [0.3, 0.4) is 0 Å². The topological polar surface area (TPSA) is 0 Å². The molecule has 232 valence electrons. The minimum absolute atomic E-state index is 1.23. The summed E-state index contributed by atoms with van der Waals surface area (Å²) in [6.45, 7) is 0. The van der Waals surface area contributed by atoms with E-state index >= 15 is 0 Å². The van der Waals surface area contributed by atoms with E-state index in [1.165, 1.54) is 106 Å². The molecule has 0 bridgehead atoms. The minimum Gasteiger partial charge on any atom is -0.135 e. The average molecular weight is 669 g/mol. The van der Waals surface area contributed by atoms with Gasteiger partial charge in [0.05, 0.1) is 0 Å². The van der Waals surface area contributed by atoms with E-state index in [4.69, 9.17) is 0 Å². The standard InChI is InChI=1S/C48H28S2/c1-2-11-29(12-3-1)45-33-15-4-6-17-35(33)46(36-18-7-5-16-34(36)45)32-14-10-13-30(27-32)31-21-24-42-40(28-31)48-38-23-25-43-47(37(38)22-26-44(48)50-42)39-19-8-9-20-41(39)49-43/h1-28H. The SMILES string of the molecule is c1ccc(-c2c3ccccc3c(-c3cccc(-c4ccc5sc6ccc7c(ccc8sc9ccccc9c87)c6c5c4)c3)c3ccccc23)cc1. The van der Waals surface area contributed by atoms with Crippen LogP contribution in [0.1, 0.15) is 0 Å². The summed E-state index contributed by atoms with van der Waals surface area (Å²) >= 11 is 3.79. The molecule has 11 aromatic rings.